The van der Waals surface area contributed by atoms with Crippen molar-refractivity contribution < 1.29 is 0 Å². The number of pyridine rings is 1. The summed E-state index contributed by atoms with van der Waals surface area (Å²) in [6.07, 6.45) is 2.53. The highest BCUT2D eigenvalue weighted by Gasteiger charge is 2.14. The molecule has 0 atom stereocenters. The molecule has 0 saturated heterocycles. The summed E-state index contributed by atoms with van der Waals surface area (Å²) in [7, 11) is 0. The molecule has 4 nitrogen and oxygen atoms in total. The van der Waals surface area contributed by atoms with E-state index in [1.807, 2.05) is 19.1 Å². The van der Waals surface area contributed by atoms with Crippen LogP contribution in [0.4, 0.5) is 0 Å². The third-order valence-corrected chi connectivity index (χ3v) is 3.46. The molecule has 5 heteroatoms. The molecule has 0 aliphatic heterocycles. The molecular formula is C13H16BrN3O. The number of aromatic nitrogens is 3. The van der Waals surface area contributed by atoms with Crippen molar-refractivity contribution in [3.05, 3.63) is 44.4 Å². The van der Waals surface area contributed by atoms with Gasteiger partial charge in [-0.25, -0.2) is 9.67 Å². The van der Waals surface area contributed by atoms with E-state index in [-0.39, 0.29) is 5.56 Å². The summed E-state index contributed by atoms with van der Waals surface area (Å²) in [6, 6.07) is 3.78. The maximum Gasteiger partial charge on any atom is 0.287 e. The first kappa shape index (κ1) is 13.1. The largest absolute Gasteiger partial charge is 0.292 e. The molecule has 0 unspecified atom stereocenters. The van der Waals surface area contributed by atoms with Crippen LogP contribution in [0.15, 0.2) is 27.6 Å². The first-order valence-electron chi connectivity index (χ1n) is 5.91. The zero-order chi connectivity index (χ0) is 13.3. The highest BCUT2D eigenvalue weighted by Crippen LogP contribution is 2.15. The van der Waals surface area contributed by atoms with Gasteiger partial charge in [0.2, 0.25) is 0 Å². The van der Waals surface area contributed by atoms with Gasteiger partial charge >= 0.3 is 0 Å². The summed E-state index contributed by atoms with van der Waals surface area (Å²) in [5.74, 6) is 1.11. The van der Waals surface area contributed by atoms with Crippen molar-refractivity contribution in [2.45, 2.75) is 27.2 Å². The van der Waals surface area contributed by atoms with E-state index in [2.05, 4.69) is 39.9 Å². The van der Waals surface area contributed by atoms with Crippen molar-refractivity contribution in [3.8, 4) is 5.82 Å². The Balaban J connectivity index is 2.49. The molecule has 0 aromatic carbocycles. The first-order chi connectivity index (χ1) is 8.49. The standard InChI is InChI=1S/C13H16BrN3O/c1-8(2)6-10-12(14)13(18)17(16-10)11-7-9(3)4-5-15-11/h4-5,7-8,16H,6H2,1-3H3. The van der Waals surface area contributed by atoms with Gasteiger partial charge in [0, 0.05) is 6.20 Å². The van der Waals surface area contributed by atoms with Crippen molar-refractivity contribution >= 4 is 15.9 Å². The third-order valence-electron chi connectivity index (χ3n) is 2.65. The van der Waals surface area contributed by atoms with Crippen LogP contribution in [0.25, 0.3) is 5.82 Å². The molecule has 0 bridgehead atoms. The molecule has 96 valence electrons. The minimum Gasteiger partial charge on any atom is -0.292 e. The average Bonchev–Trinajstić information content (AvgIpc) is 2.57. The Kier molecular flexibility index (Phi) is 3.71. The van der Waals surface area contributed by atoms with E-state index in [0.29, 0.717) is 16.2 Å². The lowest BCUT2D eigenvalue weighted by atomic mass is 10.1. The lowest BCUT2D eigenvalue weighted by Gasteiger charge is -2.03. The number of hydrogen-bond donors (Lipinski definition) is 1. The number of aryl methyl sites for hydroxylation is 1. The minimum atomic E-state index is -0.0937. The van der Waals surface area contributed by atoms with E-state index in [4.69, 9.17) is 0 Å². The Morgan fingerprint density at radius 1 is 1.50 bits per heavy atom. The third kappa shape index (κ3) is 2.56. The lowest BCUT2D eigenvalue weighted by Crippen LogP contribution is -2.15. The number of nitrogens with one attached hydrogen (secondary N) is 1. The fraction of sp³-hybridized carbons (Fsp3) is 0.385. The molecule has 2 aromatic heterocycles. The van der Waals surface area contributed by atoms with Crippen LogP contribution in [0, 0.1) is 12.8 Å². The van der Waals surface area contributed by atoms with E-state index in [1.165, 1.54) is 4.68 Å². The summed E-state index contributed by atoms with van der Waals surface area (Å²) in [5, 5.41) is 3.12. The molecule has 0 spiro atoms. The molecule has 1 N–H and O–H groups in total. The van der Waals surface area contributed by atoms with Crippen molar-refractivity contribution in [2.24, 2.45) is 5.92 Å². The fourth-order valence-electron chi connectivity index (χ4n) is 1.81. The second-order valence-electron chi connectivity index (χ2n) is 4.83. The molecule has 18 heavy (non-hydrogen) atoms. The monoisotopic (exact) mass is 309 g/mol. The normalized spacial score (nSPS) is 11.2. The highest BCUT2D eigenvalue weighted by atomic mass is 79.9. The molecule has 0 amide bonds. The molecule has 0 fully saturated rings. The van der Waals surface area contributed by atoms with Crippen LogP contribution >= 0.6 is 15.9 Å². The minimum absolute atomic E-state index is 0.0937. The van der Waals surface area contributed by atoms with Crippen molar-refractivity contribution in [3.63, 3.8) is 0 Å². The number of H-pyrrole nitrogens is 1. The number of halogens is 1. The molecule has 2 heterocycles. The van der Waals surface area contributed by atoms with Crippen LogP contribution in [0.1, 0.15) is 25.1 Å². The summed E-state index contributed by atoms with van der Waals surface area (Å²) >= 11 is 3.35. The van der Waals surface area contributed by atoms with Gasteiger partial charge in [0.25, 0.3) is 5.56 Å². The predicted octanol–water partition coefficient (Wildman–Crippen LogP) is 2.83. The van der Waals surface area contributed by atoms with Gasteiger partial charge in [-0.15, -0.1) is 0 Å². The average molecular weight is 310 g/mol. The summed E-state index contributed by atoms with van der Waals surface area (Å²) in [6.45, 7) is 6.21. The summed E-state index contributed by atoms with van der Waals surface area (Å²) in [4.78, 5) is 16.3. The summed E-state index contributed by atoms with van der Waals surface area (Å²) < 4.78 is 2.08. The Bertz CT molecular complexity index is 613. The Hall–Kier alpha value is -1.36. The van der Waals surface area contributed by atoms with Gasteiger partial charge in [-0.2, -0.15) is 0 Å². The zero-order valence-corrected chi connectivity index (χ0v) is 12.3. The quantitative estimate of drug-likeness (QED) is 0.948. The van der Waals surface area contributed by atoms with E-state index in [0.717, 1.165) is 17.7 Å². The SMILES string of the molecule is Cc1ccnc(-n2[nH]c(CC(C)C)c(Br)c2=O)c1. The number of aromatic amines is 1. The summed E-state index contributed by atoms with van der Waals surface area (Å²) in [5.41, 5.74) is 1.89. The maximum atomic E-state index is 12.1. The molecule has 2 rings (SSSR count). The van der Waals surface area contributed by atoms with Crippen LogP contribution < -0.4 is 5.56 Å². The van der Waals surface area contributed by atoms with Gasteiger partial charge in [-0.1, -0.05) is 13.8 Å². The number of rotatable bonds is 3. The first-order valence-corrected chi connectivity index (χ1v) is 6.70. The zero-order valence-electron chi connectivity index (χ0n) is 10.7. The fourth-order valence-corrected chi connectivity index (χ4v) is 2.24. The van der Waals surface area contributed by atoms with Gasteiger partial charge in [-0.3, -0.25) is 9.89 Å². The van der Waals surface area contributed by atoms with Crippen molar-refractivity contribution in [1.82, 2.24) is 14.8 Å². The molecule has 0 aliphatic carbocycles. The second kappa shape index (κ2) is 5.10. The highest BCUT2D eigenvalue weighted by molar-refractivity contribution is 9.10. The van der Waals surface area contributed by atoms with Crippen LogP contribution in [0.3, 0.4) is 0 Å². The van der Waals surface area contributed by atoms with Crippen LogP contribution in [0.5, 0.6) is 0 Å². The molecule has 2 aromatic rings. The lowest BCUT2D eigenvalue weighted by molar-refractivity contribution is 0.625. The van der Waals surface area contributed by atoms with Crippen LogP contribution in [-0.2, 0) is 6.42 Å². The number of nitrogens with zero attached hydrogens (tertiary/aromatic N) is 2. The molecule has 0 saturated carbocycles. The van der Waals surface area contributed by atoms with E-state index in [9.17, 15) is 4.79 Å². The topological polar surface area (TPSA) is 50.7 Å². The Morgan fingerprint density at radius 2 is 2.22 bits per heavy atom. The van der Waals surface area contributed by atoms with Crippen molar-refractivity contribution in [1.29, 1.82) is 0 Å². The van der Waals surface area contributed by atoms with Crippen molar-refractivity contribution in [2.75, 3.05) is 0 Å². The van der Waals surface area contributed by atoms with Crippen LogP contribution in [0.2, 0.25) is 0 Å². The van der Waals surface area contributed by atoms with Gasteiger partial charge in [0.1, 0.15) is 4.47 Å². The smallest absolute Gasteiger partial charge is 0.287 e. The molecule has 0 radical (unpaired) electrons. The Labute approximate surface area is 114 Å². The molecule has 0 aliphatic rings. The Morgan fingerprint density at radius 3 is 2.83 bits per heavy atom. The predicted molar refractivity (Wildman–Crippen MR) is 75.2 cm³/mol. The maximum absolute atomic E-state index is 12.1. The van der Waals surface area contributed by atoms with Gasteiger partial charge in [-0.05, 0) is 52.9 Å². The van der Waals surface area contributed by atoms with E-state index in [1.54, 1.807) is 6.20 Å². The molecular weight excluding hydrogens is 294 g/mol. The van der Waals surface area contributed by atoms with E-state index < -0.39 is 0 Å². The van der Waals surface area contributed by atoms with Gasteiger partial charge in [0.15, 0.2) is 5.82 Å². The number of hydrogen-bond acceptors (Lipinski definition) is 2. The van der Waals surface area contributed by atoms with E-state index >= 15 is 0 Å². The second-order valence-corrected chi connectivity index (χ2v) is 5.63. The van der Waals surface area contributed by atoms with Gasteiger partial charge in [0.05, 0.1) is 5.69 Å². The van der Waals surface area contributed by atoms with Crippen LogP contribution in [-0.4, -0.2) is 14.8 Å². The van der Waals surface area contributed by atoms with Gasteiger partial charge < -0.3 is 0 Å².